The van der Waals surface area contributed by atoms with E-state index in [4.69, 9.17) is 0 Å². The second-order valence-electron chi connectivity index (χ2n) is 4.90. The highest BCUT2D eigenvalue weighted by atomic mass is 32.2. The smallest absolute Gasteiger partial charge is 0.354 e. The van der Waals surface area contributed by atoms with Gasteiger partial charge >= 0.3 is 6.18 Å². The summed E-state index contributed by atoms with van der Waals surface area (Å²) >= 11 is 2.98. The Hall–Kier alpha value is -2.00. The first-order chi connectivity index (χ1) is 11.9. The Balaban J connectivity index is 1.67. The standard InChI is InChI=1S/C16H15F3N2O2S2/c17-16(18,19)12-5-3-11(4-6-12)15(23)21-8-7-20-13(22)10-25-14-2-1-9-24-14/h1-6,9H,7-8,10H2,(H,20,22)(H,21,23). The fraction of sp³-hybridized carbons (Fsp3) is 0.250. The minimum Gasteiger partial charge on any atom is -0.354 e. The molecule has 0 radical (unpaired) electrons. The fourth-order valence-corrected chi connectivity index (χ4v) is 3.44. The normalized spacial score (nSPS) is 11.2. The maximum Gasteiger partial charge on any atom is 0.416 e. The van der Waals surface area contributed by atoms with E-state index in [0.717, 1.165) is 28.5 Å². The molecule has 2 N–H and O–H groups in total. The lowest BCUT2D eigenvalue weighted by Crippen LogP contribution is -2.35. The van der Waals surface area contributed by atoms with Gasteiger partial charge in [-0.2, -0.15) is 13.2 Å². The second kappa shape index (κ2) is 8.91. The number of halogens is 3. The van der Waals surface area contributed by atoms with Gasteiger partial charge in [0, 0.05) is 18.7 Å². The molecule has 4 nitrogen and oxygen atoms in total. The summed E-state index contributed by atoms with van der Waals surface area (Å²) in [5.41, 5.74) is -0.674. The van der Waals surface area contributed by atoms with E-state index in [-0.39, 0.29) is 30.3 Å². The molecule has 1 heterocycles. The van der Waals surface area contributed by atoms with Crippen molar-refractivity contribution in [2.24, 2.45) is 0 Å². The van der Waals surface area contributed by atoms with Crippen molar-refractivity contribution < 1.29 is 22.8 Å². The lowest BCUT2D eigenvalue weighted by molar-refractivity contribution is -0.137. The molecule has 134 valence electrons. The van der Waals surface area contributed by atoms with Crippen LogP contribution in [0.2, 0.25) is 0 Å². The minimum absolute atomic E-state index is 0.132. The van der Waals surface area contributed by atoms with Gasteiger partial charge < -0.3 is 10.6 Å². The van der Waals surface area contributed by atoms with Crippen LogP contribution in [0.3, 0.4) is 0 Å². The summed E-state index contributed by atoms with van der Waals surface area (Å²) in [4.78, 5) is 23.5. The van der Waals surface area contributed by atoms with Crippen molar-refractivity contribution in [1.29, 1.82) is 0 Å². The zero-order valence-corrected chi connectivity index (χ0v) is 14.6. The summed E-state index contributed by atoms with van der Waals surface area (Å²) in [7, 11) is 0. The van der Waals surface area contributed by atoms with Crippen LogP contribution in [-0.2, 0) is 11.0 Å². The first-order valence-corrected chi connectivity index (χ1v) is 9.11. The van der Waals surface area contributed by atoms with Gasteiger partial charge in [0.2, 0.25) is 5.91 Å². The Labute approximate surface area is 150 Å². The van der Waals surface area contributed by atoms with Crippen molar-refractivity contribution in [3.8, 4) is 0 Å². The number of amides is 2. The minimum atomic E-state index is -4.43. The number of carbonyl (C=O) groups excluding carboxylic acids is 2. The maximum absolute atomic E-state index is 12.5. The number of rotatable bonds is 7. The number of carbonyl (C=O) groups is 2. The third-order valence-corrected chi connectivity index (χ3v) is 5.18. The van der Waals surface area contributed by atoms with E-state index in [1.807, 2.05) is 17.5 Å². The third kappa shape index (κ3) is 6.43. The zero-order valence-electron chi connectivity index (χ0n) is 12.9. The Morgan fingerprint density at radius 3 is 2.32 bits per heavy atom. The zero-order chi connectivity index (χ0) is 18.3. The Morgan fingerprint density at radius 1 is 1.04 bits per heavy atom. The van der Waals surface area contributed by atoms with Crippen LogP contribution in [0.4, 0.5) is 13.2 Å². The molecule has 2 aromatic rings. The van der Waals surface area contributed by atoms with Gasteiger partial charge in [-0.05, 0) is 35.7 Å². The number of alkyl halides is 3. The van der Waals surface area contributed by atoms with Gasteiger partial charge in [-0.1, -0.05) is 6.07 Å². The summed E-state index contributed by atoms with van der Waals surface area (Å²) in [6.45, 7) is 0.436. The summed E-state index contributed by atoms with van der Waals surface area (Å²) in [5.74, 6) is -0.356. The maximum atomic E-state index is 12.5. The molecule has 0 fully saturated rings. The van der Waals surface area contributed by atoms with Gasteiger partial charge in [0.25, 0.3) is 5.91 Å². The van der Waals surface area contributed by atoms with Crippen molar-refractivity contribution >= 4 is 34.9 Å². The number of benzene rings is 1. The topological polar surface area (TPSA) is 58.2 Å². The van der Waals surface area contributed by atoms with Crippen LogP contribution in [0, 0.1) is 0 Å². The van der Waals surface area contributed by atoms with E-state index >= 15 is 0 Å². The largest absolute Gasteiger partial charge is 0.416 e. The van der Waals surface area contributed by atoms with E-state index < -0.39 is 17.6 Å². The molecule has 0 aliphatic carbocycles. The SMILES string of the molecule is O=C(CSc1cccs1)NCCNC(=O)c1ccc(C(F)(F)F)cc1. The van der Waals surface area contributed by atoms with Crippen LogP contribution in [0.15, 0.2) is 46.0 Å². The lowest BCUT2D eigenvalue weighted by Gasteiger charge is -2.09. The number of thioether (sulfide) groups is 1. The first kappa shape index (κ1) is 19.3. The molecular weight excluding hydrogens is 373 g/mol. The molecule has 2 rings (SSSR count). The van der Waals surface area contributed by atoms with Crippen molar-refractivity contribution in [2.75, 3.05) is 18.8 Å². The second-order valence-corrected chi connectivity index (χ2v) is 7.13. The highest BCUT2D eigenvalue weighted by Crippen LogP contribution is 2.29. The van der Waals surface area contributed by atoms with Crippen molar-refractivity contribution in [2.45, 2.75) is 10.4 Å². The monoisotopic (exact) mass is 388 g/mol. The molecule has 2 amide bonds. The van der Waals surface area contributed by atoms with Crippen LogP contribution in [0.25, 0.3) is 0 Å². The van der Waals surface area contributed by atoms with Crippen LogP contribution in [0.5, 0.6) is 0 Å². The van der Waals surface area contributed by atoms with Gasteiger partial charge in [0.1, 0.15) is 0 Å². The Kier molecular flexibility index (Phi) is 6.89. The number of nitrogens with one attached hydrogen (secondary N) is 2. The molecule has 0 aliphatic rings. The first-order valence-electron chi connectivity index (χ1n) is 7.25. The van der Waals surface area contributed by atoms with E-state index in [2.05, 4.69) is 10.6 Å². The molecule has 9 heteroatoms. The molecule has 0 spiro atoms. The van der Waals surface area contributed by atoms with Gasteiger partial charge in [0.05, 0.1) is 15.5 Å². The van der Waals surface area contributed by atoms with Gasteiger partial charge in [-0.25, -0.2) is 0 Å². The molecule has 0 aliphatic heterocycles. The predicted octanol–water partition coefficient (Wildman–Crippen LogP) is 3.41. The average molecular weight is 388 g/mol. The molecule has 0 saturated carbocycles. The molecule has 0 unspecified atom stereocenters. The van der Waals surface area contributed by atoms with Crippen LogP contribution < -0.4 is 10.6 Å². The summed E-state index contributed by atoms with van der Waals surface area (Å²) in [5, 5.41) is 7.13. The number of hydrogen-bond donors (Lipinski definition) is 2. The molecule has 25 heavy (non-hydrogen) atoms. The number of hydrogen-bond acceptors (Lipinski definition) is 4. The van der Waals surface area contributed by atoms with E-state index in [1.54, 1.807) is 11.3 Å². The van der Waals surface area contributed by atoms with E-state index in [0.29, 0.717) is 0 Å². The molecule has 0 bridgehead atoms. The summed E-state index contributed by atoms with van der Waals surface area (Å²) in [6.07, 6.45) is -4.43. The predicted molar refractivity (Wildman–Crippen MR) is 91.8 cm³/mol. The summed E-state index contributed by atoms with van der Waals surface area (Å²) < 4.78 is 38.4. The highest BCUT2D eigenvalue weighted by Gasteiger charge is 2.30. The van der Waals surface area contributed by atoms with Crippen molar-refractivity contribution in [3.63, 3.8) is 0 Å². The molecule has 0 atom stereocenters. The highest BCUT2D eigenvalue weighted by molar-refractivity contribution is 8.01. The van der Waals surface area contributed by atoms with E-state index in [1.165, 1.54) is 11.8 Å². The van der Waals surface area contributed by atoms with Gasteiger partial charge in [-0.3, -0.25) is 9.59 Å². The number of thiophene rings is 1. The van der Waals surface area contributed by atoms with Crippen molar-refractivity contribution in [1.82, 2.24) is 10.6 Å². The Morgan fingerprint density at radius 2 is 1.72 bits per heavy atom. The Bertz CT molecular complexity index is 701. The van der Waals surface area contributed by atoms with Crippen LogP contribution in [-0.4, -0.2) is 30.7 Å². The molecule has 0 saturated heterocycles. The molecular formula is C16H15F3N2O2S2. The average Bonchev–Trinajstić information content (AvgIpc) is 3.09. The lowest BCUT2D eigenvalue weighted by atomic mass is 10.1. The van der Waals surface area contributed by atoms with Crippen LogP contribution in [0.1, 0.15) is 15.9 Å². The fourth-order valence-electron chi connectivity index (χ4n) is 1.82. The third-order valence-electron chi connectivity index (χ3n) is 3.05. The van der Waals surface area contributed by atoms with Crippen LogP contribution >= 0.6 is 23.1 Å². The van der Waals surface area contributed by atoms with Gasteiger partial charge in [-0.15, -0.1) is 23.1 Å². The molecule has 1 aromatic heterocycles. The quantitative estimate of drug-likeness (QED) is 0.565. The van der Waals surface area contributed by atoms with Gasteiger partial charge in [0.15, 0.2) is 0 Å². The summed E-state index contributed by atoms with van der Waals surface area (Å²) in [6, 6.07) is 7.79. The van der Waals surface area contributed by atoms with E-state index in [9.17, 15) is 22.8 Å². The molecule has 1 aromatic carbocycles. The van der Waals surface area contributed by atoms with Crippen molar-refractivity contribution in [3.05, 3.63) is 52.9 Å².